The second kappa shape index (κ2) is 12.7. The van der Waals surface area contributed by atoms with Crippen LogP contribution in [0.2, 0.25) is 0 Å². The Morgan fingerprint density at radius 1 is 1.08 bits per heavy atom. The van der Waals surface area contributed by atoms with E-state index in [1.165, 1.54) is 23.2 Å². The Balaban J connectivity index is 2.38. The van der Waals surface area contributed by atoms with Crippen molar-refractivity contribution in [2.24, 2.45) is 17.0 Å². The number of nitrogens with zero attached hydrogens (tertiary/aromatic N) is 1. The molecule has 1 atom stereocenters. The van der Waals surface area contributed by atoms with E-state index in [1.54, 1.807) is 25.3 Å². The lowest BCUT2D eigenvalue weighted by molar-refractivity contribution is -0.118. The summed E-state index contributed by atoms with van der Waals surface area (Å²) in [6, 6.07) is 9.01. The first kappa shape index (κ1) is 31.8. The van der Waals surface area contributed by atoms with Crippen molar-refractivity contribution < 1.29 is 14.3 Å². The standard InChI is InChI=1S/C29H44N6O3S/c1-17-11-12-19(13-24(17)35(31)16-21(30)27(37)32-18(2)28(3,4)5)26(36)33-22-14-20(29(6,7)8)15-23(34-39-10)25(22)38-9/h11-16,18,34H,30-31H2,1-10H3,(H,32,37)(H,33,36)/b21-16-. The number of methoxy groups -OCH3 is 1. The van der Waals surface area contributed by atoms with Gasteiger partial charge < -0.3 is 25.8 Å². The molecule has 0 aromatic heterocycles. The van der Waals surface area contributed by atoms with Crippen molar-refractivity contribution in [3.63, 3.8) is 0 Å². The minimum Gasteiger partial charge on any atom is -0.492 e. The van der Waals surface area contributed by atoms with Crippen molar-refractivity contribution in [3.8, 4) is 5.75 Å². The van der Waals surface area contributed by atoms with E-state index in [9.17, 15) is 9.59 Å². The van der Waals surface area contributed by atoms with E-state index < -0.39 is 5.91 Å². The molecule has 2 aromatic carbocycles. The molecule has 7 N–H and O–H groups in total. The van der Waals surface area contributed by atoms with Crippen molar-refractivity contribution in [2.75, 3.05) is 28.4 Å². The predicted molar refractivity (Wildman–Crippen MR) is 164 cm³/mol. The lowest BCUT2D eigenvalue weighted by Crippen LogP contribution is -2.43. The van der Waals surface area contributed by atoms with Gasteiger partial charge in [0.2, 0.25) is 0 Å². The molecule has 0 bridgehead atoms. The molecule has 1 unspecified atom stereocenters. The zero-order valence-electron chi connectivity index (χ0n) is 24.8. The van der Waals surface area contributed by atoms with Crippen LogP contribution in [0.1, 0.15) is 70.0 Å². The van der Waals surface area contributed by atoms with Crippen LogP contribution in [-0.4, -0.2) is 31.2 Å². The first-order chi connectivity index (χ1) is 18.0. The molecule has 0 spiro atoms. The number of anilines is 3. The van der Waals surface area contributed by atoms with Gasteiger partial charge in [-0.2, -0.15) is 0 Å². The van der Waals surface area contributed by atoms with Gasteiger partial charge in [-0.05, 0) is 60.1 Å². The number of hydrogen-bond acceptors (Lipinski definition) is 8. The minimum atomic E-state index is -0.417. The number of hydrazine groups is 1. The molecule has 10 heteroatoms. The van der Waals surface area contributed by atoms with Crippen LogP contribution >= 0.6 is 11.9 Å². The summed E-state index contributed by atoms with van der Waals surface area (Å²) in [6.07, 6.45) is 3.27. The molecule has 0 saturated carbocycles. The topological polar surface area (TPSA) is 135 Å². The number of carbonyl (C=O) groups is 2. The van der Waals surface area contributed by atoms with E-state index in [0.29, 0.717) is 22.7 Å². The molecule has 2 aromatic rings. The van der Waals surface area contributed by atoms with Gasteiger partial charge in [-0.3, -0.25) is 14.6 Å². The van der Waals surface area contributed by atoms with E-state index >= 15 is 0 Å². The van der Waals surface area contributed by atoms with Crippen molar-refractivity contribution in [3.05, 3.63) is 58.9 Å². The highest BCUT2D eigenvalue weighted by molar-refractivity contribution is 7.99. The number of hydrogen-bond donors (Lipinski definition) is 5. The van der Waals surface area contributed by atoms with Crippen LogP contribution in [0.4, 0.5) is 17.1 Å². The highest BCUT2D eigenvalue weighted by Crippen LogP contribution is 2.39. The van der Waals surface area contributed by atoms with Crippen LogP contribution in [-0.2, 0) is 10.2 Å². The maximum absolute atomic E-state index is 13.4. The molecule has 0 fully saturated rings. The summed E-state index contributed by atoms with van der Waals surface area (Å²) in [5, 5.41) is 7.14. The van der Waals surface area contributed by atoms with Gasteiger partial charge in [0.1, 0.15) is 5.70 Å². The average molecular weight is 557 g/mol. The quantitative estimate of drug-likeness (QED) is 0.122. The second-order valence-corrected chi connectivity index (χ2v) is 12.3. The predicted octanol–water partition coefficient (Wildman–Crippen LogP) is 5.27. The van der Waals surface area contributed by atoms with Crippen molar-refractivity contribution in [2.45, 2.75) is 66.8 Å². The number of aryl methyl sites for hydroxylation is 1. The van der Waals surface area contributed by atoms with Crippen LogP contribution in [0, 0.1) is 12.3 Å². The zero-order valence-corrected chi connectivity index (χ0v) is 25.6. The number of carbonyl (C=O) groups excluding carboxylic acids is 2. The summed E-state index contributed by atoms with van der Waals surface area (Å²) >= 11 is 1.44. The molecule has 2 amide bonds. The summed E-state index contributed by atoms with van der Waals surface area (Å²) in [5.41, 5.74) is 9.79. The fourth-order valence-corrected chi connectivity index (χ4v) is 3.93. The lowest BCUT2D eigenvalue weighted by atomic mass is 9.86. The Morgan fingerprint density at radius 2 is 1.69 bits per heavy atom. The number of ether oxygens (including phenoxy) is 1. The van der Waals surface area contributed by atoms with Crippen LogP contribution in [0.5, 0.6) is 5.75 Å². The number of nitrogens with two attached hydrogens (primary N) is 2. The van der Waals surface area contributed by atoms with Gasteiger partial charge in [-0.25, -0.2) is 5.84 Å². The van der Waals surface area contributed by atoms with E-state index in [-0.39, 0.29) is 28.5 Å². The molecular weight excluding hydrogens is 512 g/mol. The minimum absolute atomic E-state index is 0.0413. The SMILES string of the molecule is COc1c(NSC)cc(C(C)(C)C)cc1NC(=O)c1ccc(C)c(N(N)/C=C(\N)C(=O)NC(C)C(C)(C)C)c1. The van der Waals surface area contributed by atoms with Gasteiger partial charge in [0.15, 0.2) is 5.75 Å². The van der Waals surface area contributed by atoms with E-state index in [1.807, 2.05) is 53.0 Å². The van der Waals surface area contributed by atoms with E-state index in [2.05, 4.69) is 36.1 Å². The highest BCUT2D eigenvalue weighted by Gasteiger charge is 2.23. The van der Waals surface area contributed by atoms with Crippen molar-refractivity contribution in [1.82, 2.24) is 5.32 Å². The molecular formula is C29H44N6O3S. The van der Waals surface area contributed by atoms with Crippen LogP contribution < -0.4 is 36.7 Å². The molecule has 0 heterocycles. The molecule has 0 radical (unpaired) electrons. The summed E-state index contributed by atoms with van der Waals surface area (Å²) < 4.78 is 8.89. The van der Waals surface area contributed by atoms with Gasteiger partial charge in [-0.1, -0.05) is 59.6 Å². The Bertz CT molecular complexity index is 1230. The molecule has 214 valence electrons. The molecule has 0 aliphatic rings. The molecule has 9 nitrogen and oxygen atoms in total. The van der Waals surface area contributed by atoms with Gasteiger partial charge >= 0.3 is 0 Å². The molecule has 0 aliphatic carbocycles. The number of nitrogens with one attached hydrogen (secondary N) is 3. The monoisotopic (exact) mass is 556 g/mol. The van der Waals surface area contributed by atoms with Crippen LogP contribution in [0.25, 0.3) is 0 Å². The smallest absolute Gasteiger partial charge is 0.268 e. The van der Waals surface area contributed by atoms with Crippen molar-refractivity contribution in [1.29, 1.82) is 0 Å². The lowest BCUT2D eigenvalue weighted by Gasteiger charge is -2.28. The molecule has 2 rings (SSSR count). The van der Waals surface area contributed by atoms with E-state index in [0.717, 1.165) is 16.8 Å². The van der Waals surface area contributed by atoms with Gasteiger partial charge in [0, 0.05) is 24.1 Å². The number of rotatable bonds is 9. The summed E-state index contributed by atoms with van der Waals surface area (Å²) in [6.45, 7) is 16.2. The van der Waals surface area contributed by atoms with E-state index in [4.69, 9.17) is 16.3 Å². The van der Waals surface area contributed by atoms with Gasteiger partial charge in [0.05, 0.1) is 24.2 Å². The zero-order chi connectivity index (χ0) is 29.7. The largest absolute Gasteiger partial charge is 0.492 e. The average Bonchev–Trinajstić information content (AvgIpc) is 2.82. The molecule has 0 saturated heterocycles. The fraction of sp³-hybridized carbons (Fsp3) is 0.448. The van der Waals surface area contributed by atoms with Gasteiger partial charge in [-0.15, -0.1) is 0 Å². The molecule has 39 heavy (non-hydrogen) atoms. The third-order valence-electron chi connectivity index (χ3n) is 6.56. The summed E-state index contributed by atoms with van der Waals surface area (Å²) in [5.74, 6) is 6.05. The van der Waals surface area contributed by atoms with Crippen molar-refractivity contribution >= 4 is 40.8 Å². The Labute approximate surface area is 237 Å². The Kier molecular flexibility index (Phi) is 10.3. The summed E-state index contributed by atoms with van der Waals surface area (Å²) in [7, 11) is 1.57. The normalized spacial score (nSPS) is 12.9. The fourth-order valence-electron chi connectivity index (χ4n) is 3.56. The first-order valence-electron chi connectivity index (χ1n) is 12.7. The second-order valence-electron chi connectivity index (χ2n) is 11.7. The van der Waals surface area contributed by atoms with Crippen LogP contribution in [0.15, 0.2) is 42.2 Å². The third-order valence-corrected chi connectivity index (χ3v) is 6.98. The third kappa shape index (κ3) is 8.31. The van der Waals surface area contributed by atoms with Crippen LogP contribution in [0.3, 0.4) is 0 Å². The highest BCUT2D eigenvalue weighted by atomic mass is 32.2. The van der Waals surface area contributed by atoms with Gasteiger partial charge in [0.25, 0.3) is 11.8 Å². The Morgan fingerprint density at radius 3 is 2.23 bits per heavy atom. The maximum atomic E-state index is 13.4. The Hall–Kier alpha value is -3.37. The maximum Gasteiger partial charge on any atom is 0.268 e. The first-order valence-corrected chi connectivity index (χ1v) is 14.0. The molecule has 0 aliphatic heterocycles. The number of amides is 2. The number of benzene rings is 2. The summed E-state index contributed by atoms with van der Waals surface area (Å²) in [4.78, 5) is 26.0.